The third kappa shape index (κ3) is 5.72. The zero-order valence-electron chi connectivity index (χ0n) is 30.8. The van der Waals surface area contributed by atoms with Gasteiger partial charge in [0, 0.05) is 49.5 Å². The van der Waals surface area contributed by atoms with Gasteiger partial charge in [0.2, 0.25) is 0 Å². The molecule has 0 aliphatic carbocycles. The molecule has 0 saturated carbocycles. The van der Waals surface area contributed by atoms with Gasteiger partial charge in [-0.25, -0.2) is 19.9 Å². The Kier molecular flexibility index (Phi) is 7.74. The van der Waals surface area contributed by atoms with Crippen molar-refractivity contribution in [1.82, 2.24) is 24.5 Å². The number of aromatic nitrogens is 5. The molecule has 5 nitrogen and oxygen atoms in total. The van der Waals surface area contributed by atoms with Gasteiger partial charge in [-0.15, -0.1) is 0 Å². The number of fused-ring (bicyclic) bond motifs is 6. The van der Waals surface area contributed by atoms with Crippen molar-refractivity contribution in [2.24, 2.45) is 0 Å². The molecule has 0 atom stereocenters. The summed E-state index contributed by atoms with van der Waals surface area (Å²) < 4.78 is 2.36. The van der Waals surface area contributed by atoms with Crippen LogP contribution in [-0.2, 0) is 0 Å². The molecule has 0 spiro atoms. The average molecular weight is 728 g/mol. The Morgan fingerprint density at radius 2 is 0.825 bits per heavy atom. The summed E-state index contributed by atoms with van der Waals surface area (Å²) in [5.41, 5.74) is 11.3. The number of rotatable bonds is 6. The maximum absolute atomic E-state index is 5.25. The van der Waals surface area contributed by atoms with Crippen LogP contribution < -0.4 is 0 Å². The molecule has 0 radical (unpaired) electrons. The van der Waals surface area contributed by atoms with Crippen LogP contribution >= 0.6 is 0 Å². The van der Waals surface area contributed by atoms with Gasteiger partial charge < -0.3 is 4.57 Å². The predicted molar refractivity (Wildman–Crippen MR) is 234 cm³/mol. The first kappa shape index (κ1) is 32.7. The highest BCUT2D eigenvalue weighted by molar-refractivity contribution is 6.20. The fraction of sp³-hybridized carbons (Fsp3) is 0. The topological polar surface area (TPSA) is 56.5 Å². The van der Waals surface area contributed by atoms with Crippen molar-refractivity contribution < 1.29 is 0 Å². The molecular formula is C52H33N5. The molecule has 5 heteroatoms. The molecule has 3 aromatic heterocycles. The standard InChI is InChI=1S/C52H33N5/c1-5-16-34(17-6-1)37-22-15-23-38(30-37)51-54-50(36-20-9-3-10-21-36)55-52(56-51)39-28-29-42-44-32-43-41-26-13-14-27-46(41)53-49(35-18-7-2-8-19-35)45(43)33-48(44)57(47(42)31-39)40-24-11-4-12-25-40/h1-33H. The molecule has 57 heavy (non-hydrogen) atoms. The zero-order valence-corrected chi connectivity index (χ0v) is 30.8. The molecule has 0 fully saturated rings. The Hall–Kier alpha value is -7.76. The van der Waals surface area contributed by atoms with Crippen LogP contribution in [0.25, 0.3) is 106 Å². The van der Waals surface area contributed by atoms with Crippen LogP contribution in [0.5, 0.6) is 0 Å². The van der Waals surface area contributed by atoms with E-state index in [4.69, 9.17) is 19.9 Å². The van der Waals surface area contributed by atoms with E-state index in [1.54, 1.807) is 0 Å². The van der Waals surface area contributed by atoms with Crippen molar-refractivity contribution in [3.8, 4) is 62.2 Å². The molecule has 0 bridgehead atoms. The van der Waals surface area contributed by atoms with Crippen LogP contribution in [0.1, 0.15) is 0 Å². The van der Waals surface area contributed by atoms with Gasteiger partial charge in [-0.05, 0) is 59.0 Å². The minimum atomic E-state index is 0.613. The fourth-order valence-electron chi connectivity index (χ4n) is 8.09. The monoisotopic (exact) mass is 727 g/mol. The smallest absolute Gasteiger partial charge is 0.164 e. The van der Waals surface area contributed by atoms with Gasteiger partial charge in [0.25, 0.3) is 0 Å². The normalized spacial score (nSPS) is 11.5. The van der Waals surface area contributed by atoms with Crippen molar-refractivity contribution in [1.29, 1.82) is 0 Å². The van der Waals surface area contributed by atoms with Crippen LogP contribution in [0, 0.1) is 0 Å². The summed E-state index contributed by atoms with van der Waals surface area (Å²) in [6.07, 6.45) is 0. The Morgan fingerprint density at radius 3 is 1.54 bits per heavy atom. The maximum atomic E-state index is 5.25. The van der Waals surface area contributed by atoms with E-state index in [1.165, 1.54) is 10.8 Å². The Balaban J connectivity index is 1.17. The van der Waals surface area contributed by atoms with Gasteiger partial charge in [-0.1, -0.05) is 158 Å². The van der Waals surface area contributed by atoms with Gasteiger partial charge in [0.15, 0.2) is 17.5 Å². The fourth-order valence-corrected chi connectivity index (χ4v) is 8.09. The molecule has 266 valence electrons. The Bertz CT molecular complexity index is 3270. The summed E-state index contributed by atoms with van der Waals surface area (Å²) in [6, 6.07) is 69.8. The molecule has 0 saturated heterocycles. The summed E-state index contributed by atoms with van der Waals surface area (Å²) in [7, 11) is 0. The van der Waals surface area contributed by atoms with Crippen molar-refractivity contribution in [3.05, 3.63) is 200 Å². The number of benzene rings is 8. The summed E-state index contributed by atoms with van der Waals surface area (Å²) >= 11 is 0. The minimum absolute atomic E-state index is 0.613. The van der Waals surface area contributed by atoms with E-state index in [0.717, 1.165) is 77.5 Å². The van der Waals surface area contributed by atoms with Gasteiger partial charge >= 0.3 is 0 Å². The lowest BCUT2D eigenvalue weighted by atomic mass is 9.98. The summed E-state index contributed by atoms with van der Waals surface area (Å²) in [5, 5.41) is 5.74. The van der Waals surface area contributed by atoms with Crippen molar-refractivity contribution >= 4 is 43.5 Å². The SMILES string of the molecule is c1ccc(-c2cccc(-c3nc(-c4ccccc4)nc(-c4ccc5c6cc7c(cc6n(-c6ccccc6)c5c4)c(-c4ccccc4)nc4ccccc47)n3)c2)cc1. The third-order valence-corrected chi connectivity index (χ3v) is 10.8. The molecule has 0 aliphatic rings. The Morgan fingerprint density at radius 1 is 0.281 bits per heavy atom. The Labute approximate surface area is 329 Å². The molecular weight excluding hydrogens is 695 g/mol. The molecule has 0 amide bonds. The molecule has 11 aromatic rings. The summed E-state index contributed by atoms with van der Waals surface area (Å²) in [5.74, 6) is 1.87. The lowest BCUT2D eigenvalue weighted by Gasteiger charge is -2.12. The zero-order chi connectivity index (χ0) is 37.7. The molecule has 0 unspecified atom stereocenters. The predicted octanol–water partition coefficient (Wildman–Crippen LogP) is 13.0. The van der Waals surface area contributed by atoms with Crippen LogP contribution in [-0.4, -0.2) is 24.5 Å². The van der Waals surface area contributed by atoms with E-state index >= 15 is 0 Å². The van der Waals surface area contributed by atoms with Crippen LogP contribution in [0.4, 0.5) is 0 Å². The van der Waals surface area contributed by atoms with Crippen molar-refractivity contribution in [3.63, 3.8) is 0 Å². The molecule has 11 rings (SSSR count). The van der Waals surface area contributed by atoms with E-state index in [-0.39, 0.29) is 0 Å². The number of nitrogens with zero attached hydrogens (tertiary/aromatic N) is 5. The highest BCUT2D eigenvalue weighted by Gasteiger charge is 2.20. The largest absolute Gasteiger partial charge is 0.309 e. The van der Waals surface area contributed by atoms with E-state index in [9.17, 15) is 0 Å². The molecule has 3 heterocycles. The maximum Gasteiger partial charge on any atom is 0.164 e. The number of para-hydroxylation sites is 2. The van der Waals surface area contributed by atoms with Crippen LogP contribution in [0.15, 0.2) is 200 Å². The number of hydrogen-bond acceptors (Lipinski definition) is 4. The third-order valence-electron chi connectivity index (χ3n) is 10.8. The second kappa shape index (κ2) is 13.5. The lowest BCUT2D eigenvalue weighted by Crippen LogP contribution is -2.00. The first-order valence-corrected chi connectivity index (χ1v) is 19.1. The number of hydrogen-bond donors (Lipinski definition) is 0. The lowest BCUT2D eigenvalue weighted by molar-refractivity contribution is 1.07. The highest BCUT2D eigenvalue weighted by Crippen LogP contribution is 2.41. The first-order valence-electron chi connectivity index (χ1n) is 19.1. The molecule has 8 aromatic carbocycles. The van der Waals surface area contributed by atoms with Gasteiger partial charge in [-0.2, -0.15) is 0 Å². The molecule has 0 aliphatic heterocycles. The number of pyridine rings is 1. The van der Waals surface area contributed by atoms with E-state index < -0.39 is 0 Å². The summed E-state index contributed by atoms with van der Waals surface area (Å²) in [4.78, 5) is 20.6. The van der Waals surface area contributed by atoms with Crippen molar-refractivity contribution in [2.75, 3.05) is 0 Å². The van der Waals surface area contributed by atoms with Gasteiger partial charge in [-0.3, -0.25) is 0 Å². The van der Waals surface area contributed by atoms with Crippen LogP contribution in [0.3, 0.4) is 0 Å². The van der Waals surface area contributed by atoms with E-state index in [0.29, 0.717) is 17.5 Å². The average Bonchev–Trinajstić information content (AvgIpc) is 3.61. The minimum Gasteiger partial charge on any atom is -0.309 e. The van der Waals surface area contributed by atoms with E-state index in [2.05, 4.69) is 168 Å². The highest BCUT2D eigenvalue weighted by atomic mass is 15.0. The second-order valence-corrected chi connectivity index (χ2v) is 14.3. The van der Waals surface area contributed by atoms with Crippen LogP contribution in [0.2, 0.25) is 0 Å². The van der Waals surface area contributed by atoms with E-state index in [1.807, 2.05) is 36.4 Å². The molecule has 0 N–H and O–H groups in total. The van der Waals surface area contributed by atoms with Gasteiger partial charge in [0.05, 0.1) is 22.2 Å². The second-order valence-electron chi connectivity index (χ2n) is 14.3. The van der Waals surface area contributed by atoms with Gasteiger partial charge in [0.1, 0.15) is 0 Å². The first-order chi connectivity index (χ1) is 28.2. The quantitative estimate of drug-likeness (QED) is 0.160. The van der Waals surface area contributed by atoms with Crippen molar-refractivity contribution in [2.45, 2.75) is 0 Å². The summed E-state index contributed by atoms with van der Waals surface area (Å²) in [6.45, 7) is 0.